The van der Waals surface area contributed by atoms with Gasteiger partial charge in [-0.3, -0.25) is 14.4 Å². The number of rotatable bonds is 9. The van der Waals surface area contributed by atoms with Crippen LogP contribution in [0.25, 0.3) is 0 Å². The first-order chi connectivity index (χ1) is 13.1. The van der Waals surface area contributed by atoms with Gasteiger partial charge in [0.05, 0.1) is 6.61 Å². The molecule has 0 aliphatic carbocycles. The molecule has 2 rings (SSSR count). The van der Waals surface area contributed by atoms with Crippen molar-refractivity contribution in [1.29, 1.82) is 0 Å². The molecule has 0 spiro atoms. The molecule has 27 heavy (non-hydrogen) atoms. The molecule has 0 saturated carbocycles. The third-order valence-electron chi connectivity index (χ3n) is 3.92. The molecule has 0 unspecified atom stereocenters. The number of esters is 1. The maximum Gasteiger partial charge on any atom is 0.305 e. The highest BCUT2D eigenvalue weighted by Crippen LogP contribution is 2.04. The maximum atomic E-state index is 12.4. The van der Waals surface area contributed by atoms with E-state index >= 15 is 0 Å². The Bertz CT molecular complexity index is 747. The van der Waals surface area contributed by atoms with E-state index in [4.69, 9.17) is 4.74 Å². The van der Waals surface area contributed by atoms with E-state index in [1.807, 2.05) is 12.1 Å². The summed E-state index contributed by atoms with van der Waals surface area (Å²) < 4.78 is 4.94. The lowest BCUT2D eigenvalue weighted by Crippen LogP contribution is -2.44. The normalized spacial score (nSPS) is 11.3. The van der Waals surface area contributed by atoms with Gasteiger partial charge in [0.1, 0.15) is 0 Å². The first-order valence-corrected chi connectivity index (χ1v) is 8.95. The Labute approximate surface area is 158 Å². The monoisotopic (exact) mass is 368 g/mol. The van der Waals surface area contributed by atoms with Gasteiger partial charge in [-0.1, -0.05) is 36.4 Å². The molecule has 2 aromatic rings. The van der Waals surface area contributed by atoms with E-state index in [0.29, 0.717) is 24.2 Å². The van der Waals surface area contributed by atoms with Crippen LogP contribution >= 0.6 is 0 Å². The van der Waals surface area contributed by atoms with Gasteiger partial charge in [-0.25, -0.2) is 0 Å². The van der Waals surface area contributed by atoms with E-state index in [0.717, 1.165) is 0 Å². The molecule has 6 nitrogen and oxygen atoms in total. The smallest absolute Gasteiger partial charge is 0.305 e. The quantitative estimate of drug-likeness (QED) is 0.666. The van der Waals surface area contributed by atoms with Crippen molar-refractivity contribution in [1.82, 2.24) is 10.6 Å². The van der Waals surface area contributed by atoms with Crippen LogP contribution in [0.2, 0.25) is 0 Å². The lowest BCUT2D eigenvalue weighted by atomic mass is 10.1. The summed E-state index contributed by atoms with van der Waals surface area (Å²) in [6.07, 6.45) is 0.529. The molecule has 0 radical (unpaired) electrons. The second-order valence-corrected chi connectivity index (χ2v) is 5.96. The Morgan fingerprint density at radius 1 is 0.889 bits per heavy atom. The number of amides is 2. The Morgan fingerprint density at radius 2 is 1.44 bits per heavy atom. The molecule has 0 aliphatic heterocycles. The molecule has 0 fully saturated rings. The number of nitrogens with one attached hydrogen (secondary N) is 2. The first-order valence-electron chi connectivity index (χ1n) is 8.95. The number of hydrogen-bond donors (Lipinski definition) is 2. The Kier molecular flexibility index (Phi) is 8.03. The topological polar surface area (TPSA) is 84.5 Å². The highest BCUT2D eigenvalue weighted by atomic mass is 16.5. The van der Waals surface area contributed by atoms with Crippen molar-refractivity contribution >= 4 is 17.8 Å². The van der Waals surface area contributed by atoms with Crippen LogP contribution in [0, 0.1) is 0 Å². The van der Waals surface area contributed by atoms with Crippen LogP contribution < -0.4 is 10.6 Å². The van der Waals surface area contributed by atoms with E-state index < -0.39 is 6.04 Å². The van der Waals surface area contributed by atoms with Crippen LogP contribution in [-0.4, -0.2) is 37.0 Å². The van der Waals surface area contributed by atoms with Crippen LogP contribution in [0.5, 0.6) is 0 Å². The summed E-state index contributed by atoms with van der Waals surface area (Å²) in [5, 5.41) is 5.68. The molecule has 0 heterocycles. The van der Waals surface area contributed by atoms with Gasteiger partial charge in [-0.05, 0) is 37.6 Å². The number of ether oxygens (including phenoxy) is 1. The van der Waals surface area contributed by atoms with Crippen molar-refractivity contribution in [2.45, 2.75) is 25.8 Å². The Morgan fingerprint density at radius 3 is 2.00 bits per heavy atom. The molecule has 142 valence electrons. The van der Waals surface area contributed by atoms with E-state index in [9.17, 15) is 14.4 Å². The molecular weight excluding hydrogens is 344 g/mol. The summed E-state index contributed by atoms with van der Waals surface area (Å²) in [7, 11) is 0. The fourth-order valence-electron chi connectivity index (χ4n) is 2.52. The summed E-state index contributed by atoms with van der Waals surface area (Å²) in [4.78, 5) is 36.3. The summed E-state index contributed by atoms with van der Waals surface area (Å²) in [5.74, 6) is -0.810. The molecule has 6 heteroatoms. The van der Waals surface area contributed by atoms with Crippen molar-refractivity contribution < 1.29 is 19.1 Å². The van der Waals surface area contributed by atoms with Gasteiger partial charge in [0, 0.05) is 30.1 Å². The van der Waals surface area contributed by atoms with Crippen LogP contribution in [0.4, 0.5) is 0 Å². The average Bonchev–Trinajstić information content (AvgIpc) is 2.71. The van der Waals surface area contributed by atoms with Gasteiger partial charge in [0.25, 0.3) is 11.8 Å². The minimum Gasteiger partial charge on any atom is -0.466 e. The van der Waals surface area contributed by atoms with Crippen molar-refractivity contribution in [2.75, 3.05) is 13.2 Å². The molecule has 1 atom stereocenters. The lowest BCUT2D eigenvalue weighted by Gasteiger charge is -2.19. The van der Waals surface area contributed by atoms with Crippen molar-refractivity contribution in [3.63, 3.8) is 0 Å². The first kappa shape index (κ1) is 20.2. The van der Waals surface area contributed by atoms with Gasteiger partial charge in [0.2, 0.25) is 0 Å². The summed E-state index contributed by atoms with van der Waals surface area (Å²) in [6.45, 7) is 2.27. The standard InChI is InChI=1S/C21H24N2O4/c1-2-27-19(24)14-13-18(23-21(26)17-11-7-4-8-12-17)15-22-20(25)16-9-5-3-6-10-16/h3-12,18H,2,13-15H2,1H3,(H,22,25)(H,23,26)/t18-/m1/s1. The summed E-state index contributed by atoms with van der Waals surface area (Å²) >= 11 is 0. The largest absolute Gasteiger partial charge is 0.466 e. The number of carbonyl (C=O) groups is 3. The van der Waals surface area contributed by atoms with E-state index in [1.165, 1.54) is 0 Å². The molecule has 2 aromatic carbocycles. The molecular formula is C21H24N2O4. The van der Waals surface area contributed by atoms with Crippen LogP contribution in [0.1, 0.15) is 40.5 Å². The number of benzene rings is 2. The van der Waals surface area contributed by atoms with Crippen LogP contribution in [0.3, 0.4) is 0 Å². The summed E-state index contributed by atoms with van der Waals surface area (Å²) in [5.41, 5.74) is 1.06. The third kappa shape index (κ3) is 6.93. The van der Waals surface area contributed by atoms with Crippen LogP contribution in [0.15, 0.2) is 60.7 Å². The van der Waals surface area contributed by atoms with E-state index in [2.05, 4.69) is 10.6 Å². The van der Waals surface area contributed by atoms with E-state index in [-0.39, 0.29) is 30.7 Å². The second kappa shape index (κ2) is 10.8. The van der Waals surface area contributed by atoms with Crippen LogP contribution in [-0.2, 0) is 9.53 Å². The maximum absolute atomic E-state index is 12.4. The highest BCUT2D eigenvalue weighted by Gasteiger charge is 2.17. The minimum absolute atomic E-state index is 0.161. The Balaban J connectivity index is 1.97. The fraction of sp³-hybridized carbons (Fsp3) is 0.286. The predicted molar refractivity (Wildman–Crippen MR) is 102 cm³/mol. The zero-order valence-electron chi connectivity index (χ0n) is 15.3. The zero-order chi connectivity index (χ0) is 19.5. The van der Waals surface area contributed by atoms with Gasteiger partial charge < -0.3 is 15.4 Å². The summed E-state index contributed by atoms with van der Waals surface area (Å²) in [6, 6.07) is 17.2. The molecule has 2 amide bonds. The average molecular weight is 368 g/mol. The Hall–Kier alpha value is -3.15. The fourth-order valence-corrected chi connectivity index (χ4v) is 2.52. The number of hydrogen-bond acceptors (Lipinski definition) is 4. The minimum atomic E-state index is -0.394. The van der Waals surface area contributed by atoms with Gasteiger partial charge in [0.15, 0.2) is 0 Å². The third-order valence-corrected chi connectivity index (χ3v) is 3.92. The zero-order valence-corrected chi connectivity index (χ0v) is 15.3. The van der Waals surface area contributed by atoms with Crippen molar-refractivity contribution in [3.8, 4) is 0 Å². The molecule has 0 aliphatic rings. The van der Waals surface area contributed by atoms with E-state index in [1.54, 1.807) is 55.5 Å². The number of carbonyl (C=O) groups excluding carboxylic acids is 3. The molecule has 0 bridgehead atoms. The lowest BCUT2D eigenvalue weighted by molar-refractivity contribution is -0.143. The van der Waals surface area contributed by atoms with Crippen molar-refractivity contribution in [3.05, 3.63) is 71.8 Å². The van der Waals surface area contributed by atoms with Gasteiger partial charge >= 0.3 is 5.97 Å². The van der Waals surface area contributed by atoms with Crippen molar-refractivity contribution in [2.24, 2.45) is 0 Å². The molecule has 2 N–H and O–H groups in total. The molecule has 0 aromatic heterocycles. The SMILES string of the molecule is CCOC(=O)CC[C@H](CNC(=O)c1ccccc1)NC(=O)c1ccccc1. The van der Waals surface area contributed by atoms with Gasteiger partial charge in [-0.2, -0.15) is 0 Å². The highest BCUT2D eigenvalue weighted by molar-refractivity contribution is 5.95. The molecule has 0 saturated heterocycles. The van der Waals surface area contributed by atoms with Gasteiger partial charge in [-0.15, -0.1) is 0 Å². The predicted octanol–water partition coefficient (Wildman–Crippen LogP) is 2.56. The second-order valence-electron chi connectivity index (χ2n) is 5.96.